The SMILES string of the molecule is COCCNS(=O)(=O)c1cc(NC(=O)C2CCC2)ccc1Oc1c(C)c(C(=O)O)nn1-c1ccccc1C. The topological polar surface area (TPSA) is 149 Å². The predicted molar refractivity (Wildman–Crippen MR) is 140 cm³/mol. The first kappa shape index (κ1) is 27.3. The molecule has 2 aromatic carbocycles. The number of hydrogen-bond acceptors (Lipinski definition) is 7. The number of hydrogen-bond donors (Lipinski definition) is 3. The van der Waals surface area contributed by atoms with Crippen LogP contribution >= 0.6 is 0 Å². The van der Waals surface area contributed by atoms with E-state index in [9.17, 15) is 23.1 Å². The van der Waals surface area contributed by atoms with E-state index in [-0.39, 0.29) is 52.8 Å². The van der Waals surface area contributed by atoms with Crippen LogP contribution in [0.4, 0.5) is 5.69 Å². The summed E-state index contributed by atoms with van der Waals surface area (Å²) in [5.74, 6) is -1.52. The zero-order chi connectivity index (χ0) is 27.4. The number of benzene rings is 2. The Morgan fingerprint density at radius 2 is 1.89 bits per heavy atom. The molecule has 3 N–H and O–H groups in total. The van der Waals surface area contributed by atoms with Gasteiger partial charge in [0.1, 0.15) is 10.6 Å². The van der Waals surface area contributed by atoms with Gasteiger partial charge in [-0.15, -0.1) is 0 Å². The quantitative estimate of drug-likeness (QED) is 0.311. The Labute approximate surface area is 220 Å². The number of nitrogens with one attached hydrogen (secondary N) is 2. The highest BCUT2D eigenvalue weighted by molar-refractivity contribution is 7.89. The number of carboxylic acid groups (broad SMARTS) is 1. The molecule has 0 unspecified atom stereocenters. The van der Waals surface area contributed by atoms with Crippen molar-refractivity contribution in [1.29, 1.82) is 0 Å². The molecule has 4 rings (SSSR count). The highest BCUT2D eigenvalue weighted by atomic mass is 32.2. The monoisotopic (exact) mass is 542 g/mol. The fourth-order valence-electron chi connectivity index (χ4n) is 4.02. The molecule has 38 heavy (non-hydrogen) atoms. The summed E-state index contributed by atoms with van der Waals surface area (Å²) in [5.41, 5.74) is 1.68. The van der Waals surface area contributed by atoms with Crippen molar-refractivity contribution >= 4 is 27.6 Å². The maximum atomic E-state index is 13.3. The summed E-state index contributed by atoms with van der Waals surface area (Å²) in [6.07, 6.45) is 2.58. The minimum Gasteiger partial charge on any atom is -0.476 e. The van der Waals surface area contributed by atoms with Gasteiger partial charge in [-0.05, 0) is 56.5 Å². The van der Waals surface area contributed by atoms with Crippen molar-refractivity contribution in [2.45, 2.75) is 38.0 Å². The third kappa shape index (κ3) is 5.72. The number of ether oxygens (including phenoxy) is 2. The number of nitrogens with zero attached hydrogens (tertiary/aromatic N) is 2. The van der Waals surface area contributed by atoms with E-state index < -0.39 is 16.0 Å². The van der Waals surface area contributed by atoms with Gasteiger partial charge < -0.3 is 19.9 Å². The molecule has 1 fully saturated rings. The van der Waals surface area contributed by atoms with Crippen LogP contribution in [0.5, 0.6) is 11.6 Å². The number of carboxylic acids is 1. The maximum absolute atomic E-state index is 13.3. The van der Waals surface area contributed by atoms with Gasteiger partial charge >= 0.3 is 5.97 Å². The normalized spacial score (nSPS) is 13.7. The lowest BCUT2D eigenvalue weighted by atomic mass is 9.85. The zero-order valence-electron chi connectivity index (χ0n) is 21.4. The minimum atomic E-state index is -4.11. The summed E-state index contributed by atoms with van der Waals surface area (Å²) in [5, 5.41) is 16.7. The third-order valence-electron chi connectivity index (χ3n) is 6.40. The molecule has 11 nitrogen and oxygen atoms in total. The predicted octanol–water partition coefficient (Wildman–Crippen LogP) is 3.64. The Morgan fingerprint density at radius 3 is 2.53 bits per heavy atom. The summed E-state index contributed by atoms with van der Waals surface area (Å²) in [4.78, 5) is 24.1. The van der Waals surface area contributed by atoms with E-state index >= 15 is 0 Å². The van der Waals surface area contributed by atoms with Crippen molar-refractivity contribution in [3.05, 3.63) is 59.3 Å². The molecule has 1 aliphatic carbocycles. The summed E-state index contributed by atoms with van der Waals surface area (Å²) in [6.45, 7) is 3.54. The number of amides is 1. The van der Waals surface area contributed by atoms with Gasteiger partial charge in [0, 0.05) is 30.8 Å². The number of anilines is 1. The fraction of sp³-hybridized carbons (Fsp3) is 0.346. The number of aromatic carboxylic acids is 1. The smallest absolute Gasteiger partial charge is 0.356 e. The third-order valence-corrected chi connectivity index (χ3v) is 7.88. The minimum absolute atomic E-state index is 0.0142. The Hall–Kier alpha value is -3.74. The number of para-hydroxylation sites is 1. The lowest BCUT2D eigenvalue weighted by molar-refractivity contribution is -0.122. The van der Waals surface area contributed by atoms with Crippen molar-refractivity contribution < 1.29 is 32.6 Å². The van der Waals surface area contributed by atoms with E-state index in [2.05, 4.69) is 15.1 Å². The number of carbonyl (C=O) groups excluding carboxylic acids is 1. The van der Waals surface area contributed by atoms with Crippen LogP contribution in [0, 0.1) is 19.8 Å². The molecule has 1 heterocycles. The van der Waals surface area contributed by atoms with Crippen LogP contribution in [0.2, 0.25) is 0 Å². The van der Waals surface area contributed by atoms with Gasteiger partial charge in [-0.3, -0.25) is 4.79 Å². The Morgan fingerprint density at radius 1 is 1.16 bits per heavy atom. The van der Waals surface area contributed by atoms with Crippen LogP contribution in [-0.4, -0.2) is 55.4 Å². The molecule has 0 spiro atoms. The van der Waals surface area contributed by atoms with Gasteiger partial charge in [-0.25, -0.2) is 17.9 Å². The summed E-state index contributed by atoms with van der Waals surface area (Å²) >= 11 is 0. The van der Waals surface area contributed by atoms with Crippen LogP contribution in [0.25, 0.3) is 5.69 Å². The van der Waals surface area contributed by atoms with Crippen molar-refractivity contribution in [3.63, 3.8) is 0 Å². The molecule has 1 aromatic heterocycles. The lowest BCUT2D eigenvalue weighted by Crippen LogP contribution is -2.29. The average Bonchev–Trinajstić information content (AvgIpc) is 3.15. The lowest BCUT2D eigenvalue weighted by Gasteiger charge is -2.24. The Balaban J connectivity index is 1.79. The summed E-state index contributed by atoms with van der Waals surface area (Å²) in [7, 11) is -2.66. The molecule has 0 atom stereocenters. The van der Waals surface area contributed by atoms with Crippen molar-refractivity contribution in [3.8, 4) is 17.3 Å². The maximum Gasteiger partial charge on any atom is 0.356 e. The van der Waals surface area contributed by atoms with E-state index in [1.807, 2.05) is 19.1 Å². The molecule has 202 valence electrons. The Kier molecular flexibility index (Phi) is 8.14. The largest absolute Gasteiger partial charge is 0.476 e. The highest BCUT2D eigenvalue weighted by Gasteiger charge is 2.28. The van der Waals surface area contributed by atoms with Gasteiger partial charge in [0.05, 0.1) is 12.3 Å². The number of aromatic nitrogens is 2. The van der Waals surface area contributed by atoms with E-state index in [4.69, 9.17) is 9.47 Å². The standard InChI is InChI=1S/C26H30N4O7S/c1-16-7-4-5-10-20(16)30-25(17(2)23(29-30)26(32)33)37-21-12-11-19(28-24(31)18-8-6-9-18)15-22(21)38(34,35)27-13-14-36-3/h4-5,7,10-12,15,18,27H,6,8-9,13-14H2,1-3H3,(H,28,31)(H,32,33). The molecule has 12 heteroatoms. The van der Waals surface area contributed by atoms with Crippen molar-refractivity contribution in [1.82, 2.24) is 14.5 Å². The fourth-order valence-corrected chi connectivity index (χ4v) is 5.19. The second kappa shape index (κ2) is 11.3. The molecule has 0 saturated heterocycles. The molecular weight excluding hydrogens is 512 g/mol. The van der Waals surface area contributed by atoms with Gasteiger partial charge in [-0.2, -0.15) is 9.78 Å². The zero-order valence-corrected chi connectivity index (χ0v) is 22.2. The van der Waals surface area contributed by atoms with Crippen LogP contribution < -0.4 is 14.8 Å². The molecule has 1 aliphatic rings. The number of carbonyl (C=O) groups is 2. The molecule has 0 bridgehead atoms. The molecule has 1 saturated carbocycles. The van der Waals surface area contributed by atoms with Gasteiger partial charge in [-0.1, -0.05) is 24.6 Å². The van der Waals surface area contributed by atoms with Crippen LogP contribution in [-0.2, 0) is 19.6 Å². The Bertz CT molecular complexity index is 1460. The first-order chi connectivity index (χ1) is 18.1. The van der Waals surface area contributed by atoms with E-state index in [1.165, 1.54) is 23.9 Å². The number of rotatable bonds is 11. The van der Waals surface area contributed by atoms with Crippen molar-refractivity contribution in [2.75, 3.05) is 25.6 Å². The second-order valence-corrected chi connectivity index (χ2v) is 10.8. The van der Waals surface area contributed by atoms with Crippen LogP contribution in [0.15, 0.2) is 47.4 Å². The molecule has 0 radical (unpaired) electrons. The van der Waals surface area contributed by atoms with E-state index in [0.717, 1.165) is 24.8 Å². The molecule has 1 amide bonds. The van der Waals surface area contributed by atoms with Crippen LogP contribution in [0.3, 0.4) is 0 Å². The number of methoxy groups -OCH3 is 1. The van der Waals surface area contributed by atoms with E-state index in [1.54, 1.807) is 25.1 Å². The van der Waals surface area contributed by atoms with Gasteiger partial charge in [0.15, 0.2) is 5.69 Å². The van der Waals surface area contributed by atoms with Gasteiger partial charge in [0.25, 0.3) is 0 Å². The first-order valence-electron chi connectivity index (χ1n) is 12.1. The summed E-state index contributed by atoms with van der Waals surface area (Å²) < 4.78 is 41.5. The van der Waals surface area contributed by atoms with Crippen LogP contribution in [0.1, 0.15) is 40.9 Å². The number of aryl methyl sites for hydroxylation is 1. The average molecular weight is 543 g/mol. The van der Waals surface area contributed by atoms with Crippen molar-refractivity contribution in [2.24, 2.45) is 5.92 Å². The molecular formula is C26H30N4O7S. The summed E-state index contributed by atoms with van der Waals surface area (Å²) in [6, 6.07) is 11.5. The number of sulfonamides is 1. The van der Waals surface area contributed by atoms with Gasteiger partial charge in [0.2, 0.25) is 21.8 Å². The van der Waals surface area contributed by atoms with E-state index in [0.29, 0.717) is 11.4 Å². The first-order valence-corrected chi connectivity index (χ1v) is 13.6. The second-order valence-electron chi connectivity index (χ2n) is 9.05. The molecule has 3 aromatic rings. The molecule has 0 aliphatic heterocycles. The highest BCUT2D eigenvalue weighted by Crippen LogP contribution is 2.36.